The molecule has 0 saturated carbocycles. The predicted molar refractivity (Wildman–Crippen MR) is 137 cm³/mol. The Morgan fingerprint density at radius 3 is 2.29 bits per heavy atom. The number of nitrogens with zero attached hydrogens (tertiary/aromatic N) is 2. The summed E-state index contributed by atoms with van der Waals surface area (Å²) in [7, 11) is 1.44. The zero-order chi connectivity index (χ0) is 27.2. The predicted octanol–water partition coefficient (Wildman–Crippen LogP) is 4.25. The normalized spacial score (nSPS) is 14.3. The summed E-state index contributed by atoms with van der Waals surface area (Å²) in [5, 5.41) is 13.0. The Hall–Kier alpha value is -5.19. The fourth-order valence-electron chi connectivity index (χ4n) is 3.68. The molecule has 3 aromatic rings. The highest BCUT2D eigenvalue weighted by Crippen LogP contribution is 2.31. The van der Waals surface area contributed by atoms with E-state index in [1.54, 1.807) is 54.6 Å². The van der Waals surface area contributed by atoms with Crippen molar-refractivity contribution in [3.8, 4) is 17.2 Å². The van der Waals surface area contributed by atoms with Crippen LogP contribution in [0.3, 0.4) is 0 Å². The number of anilines is 1. The first-order chi connectivity index (χ1) is 18.3. The second kappa shape index (κ2) is 11.2. The van der Waals surface area contributed by atoms with Crippen LogP contribution >= 0.6 is 0 Å². The number of benzene rings is 3. The third kappa shape index (κ3) is 5.62. The molecule has 4 amide bonds. The number of hydrogen-bond donors (Lipinski definition) is 1. The number of methoxy groups -OCH3 is 1. The van der Waals surface area contributed by atoms with E-state index in [1.165, 1.54) is 25.3 Å². The maximum absolute atomic E-state index is 13.2. The quantitative estimate of drug-likeness (QED) is 0.192. The summed E-state index contributed by atoms with van der Waals surface area (Å²) < 4.78 is 16.6. The van der Waals surface area contributed by atoms with E-state index in [1.807, 2.05) is 6.92 Å². The molecule has 1 N–H and O–H groups in total. The van der Waals surface area contributed by atoms with Gasteiger partial charge in [0.1, 0.15) is 17.9 Å². The van der Waals surface area contributed by atoms with Crippen LogP contribution in [0.25, 0.3) is 6.08 Å². The summed E-state index contributed by atoms with van der Waals surface area (Å²) in [5.41, 5.74) is 1.20. The SMILES string of the molecule is CCOc1ccc(N2C(=O)NC(=O)/C(=C\c3ccc(OCc4ccc([N+](=O)[O-])cc4)c(OC)c3)C2=O)cc1. The Kier molecular flexibility index (Phi) is 7.66. The number of ether oxygens (including phenoxy) is 3. The number of imide groups is 2. The molecule has 1 heterocycles. The summed E-state index contributed by atoms with van der Waals surface area (Å²) in [4.78, 5) is 49.3. The van der Waals surface area contributed by atoms with Gasteiger partial charge in [-0.15, -0.1) is 0 Å². The lowest BCUT2D eigenvalue weighted by Crippen LogP contribution is -2.54. The standard InChI is InChI=1S/C27H23N3O8/c1-3-37-21-11-9-19(10-12-21)29-26(32)22(25(31)28-27(29)33)14-18-6-13-23(24(15-18)36-2)38-16-17-4-7-20(8-5-17)30(34)35/h4-15H,3,16H2,1-2H3,(H,28,31,33)/b22-14+. The number of barbiturate groups is 1. The number of urea groups is 1. The van der Waals surface area contributed by atoms with E-state index in [9.17, 15) is 24.5 Å². The van der Waals surface area contributed by atoms with E-state index in [0.29, 0.717) is 35.0 Å². The van der Waals surface area contributed by atoms with Crippen molar-refractivity contribution >= 4 is 35.3 Å². The lowest BCUT2D eigenvalue weighted by Gasteiger charge is -2.26. The lowest BCUT2D eigenvalue weighted by atomic mass is 10.1. The van der Waals surface area contributed by atoms with Gasteiger partial charge < -0.3 is 14.2 Å². The number of carbonyl (C=O) groups is 3. The molecule has 0 atom stereocenters. The molecular weight excluding hydrogens is 494 g/mol. The molecular formula is C27H23N3O8. The second-order valence-corrected chi connectivity index (χ2v) is 8.01. The highest BCUT2D eigenvalue weighted by atomic mass is 16.6. The second-order valence-electron chi connectivity index (χ2n) is 8.01. The van der Waals surface area contributed by atoms with E-state index in [-0.39, 0.29) is 23.6 Å². The van der Waals surface area contributed by atoms with Crippen LogP contribution < -0.4 is 24.4 Å². The molecule has 11 nitrogen and oxygen atoms in total. The number of nitro benzene ring substituents is 1. The average molecular weight is 517 g/mol. The maximum atomic E-state index is 13.2. The molecule has 0 unspecified atom stereocenters. The fourth-order valence-corrected chi connectivity index (χ4v) is 3.68. The van der Waals surface area contributed by atoms with Crippen LogP contribution in [-0.4, -0.2) is 36.5 Å². The van der Waals surface area contributed by atoms with Crippen molar-refractivity contribution in [2.45, 2.75) is 13.5 Å². The van der Waals surface area contributed by atoms with Gasteiger partial charge in [0.15, 0.2) is 11.5 Å². The van der Waals surface area contributed by atoms with Gasteiger partial charge in [0.25, 0.3) is 17.5 Å². The molecule has 0 spiro atoms. The molecule has 1 saturated heterocycles. The molecule has 0 bridgehead atoms. The van der Waals surface area contributed by atoms with E-state index >= 15 is 0 Å². The molecule has 3 aromatic carbocycles. The van der Waals surface area contributed by atoms with Gasteiger partial charge in [0, 0.05) is 12.1 Å². The summed E-state index contributed by atoms with van der Waals surface area (Å²) in [6, 6.07) is 16.3. The number of amides is 4. The maximum Gasteiger partial charge on any atom is 0.335 e. The zero-order valence-electron chi connectivity index (χ0n) is 20.5. The van der Waals surface area contributed by atoms with E-state index in [4.69, 9.17) is 14.2 Å². The Bertz CT molecular complexity index is 1420. The van der Waals surface area contributed by atoms with E-state index in [0.717, 1.165) is 4.90 Å². The van der Waals surface area contributed by atoms with Gasteiger partial charge in [-0.25, -0.2) is 9.69 Å². The van der Waals surface area contributed by atoms with Crippen molar-refractivity contribution in [2.75, 3.05) is 18.6 Å². The van der Waals surface area contributed by atoms with Crippen LogP contribution in [0.2, 0.25) is 0 Å². The number of carbonyl (C=O) groups excluding carboxylic acids is 3. The highest BCUT2D eigenvalue weighted by Gasteiger charge is 2.36. The number of nitro groups is 1. The molecule has 0 radical (unpaired) electrons. The number of rotatable bonds is 9. The van der Waals surface area contributed by atoms with Crippen molar-refractivity contribution in [2.24, 2.45) is 0 Å². The molecule has 0 aliphatic carbocycles. The molecule has 4 rings (SSSR count). The average Bonchev–Trinajstić information content (AvgIpc) is 2.91. The van der Waals surface area contributed by atoms with Crippen molar-refractivity contribution < 1.29 is 33.5 Å². The molecule has 38 heavy (non-hydrogen) atoms. The highest BCUT2D eigenvalue weighted by molar-refractivity contribution is 6.39. The van der Waals surface area contributed by atoms with Crippen LogP contribution in [0.1, 0.15) is 18.1 Å². The van der Waals surface area contributed by atoms with Gasteiger partial charge in [-0.3, -0.25) is 25.0 Å². The molecule has 1 aliphatic rings. The number of non-ortho nitro benzene ring substituents is 1. The van der Waals surface area contributed by atoms with Crippen LogP contribution in [0.5, 0.6) is 17.2 Å². The minimum Gasteiger partial charge on any atom is -0.494 e. The Labute approximate surface area is 217 Å². The lowest BCUT2D eigenvalue weighted by molar-refractivity contribution is -0.384. The molecule has 1 fully saturated rings. The third-order valence-corrected chi connectivity index (χ3v) is 5.55. The van der Waals surface area contributed by atoms with Gasteiger partial charge in [0.2, 0.25) is 0 Å². The van der Waals surface area contributed by atoms with Gasteiger partial charge >= 0.3 is 6.03 Å². The van der Waals surface area contributed by atoms with Crippen molar-refractivity contribution in [1.82, 2.24) is 5.32 Å². The molecule has 11 heteroatoms. The van der Waals surface area contributed by atoms with Crippen molar-refractivity contribution in [3.63, 3.8) is 0 Å². The molecule has 0 aromatic heterocycles. The van der Waals surface area contributed by atoms with Crippen molar-refractivity contribution in [1.29, 1.82) is 0 Å². The van der Waals surface area contributed by atoms with Crippen LogP contribution in [0.4, 0.5) is 16.2 Å². The van der Waals surface area contributed by atoms with Crippen LogP contribution in [0.15, 0.2) is 72.3 Å². The summed E-state index contributed by atoms with van der Waals surface area (Å²) in [5.74, 6) is -0.293. The first-order valence-electron chi connectivity index (χ1n) is 11.5. The molecule has 194 valence electrons. The smallest absolute Gasteiger partial charge is 0.335 e. The van der Waals surface area contributed by atoms with E-state index < -0.39 is 22.8 Å². The first-order valence-corrected chi connectivity index (χ1v) is 11.5. The summed E-state index contributed by atoms with van der Waals surface area (Å²) in [6.45, 7) is 2.44. The summed E-state index contributed by atoms with van der Waals surface area (Å²) >= 11 is 0. The van der Waals surface area contributed by atoms with Gasteiger partial charge in [0.05, 0.1) is 24.3 Å². The van der Waals surface area contributed by atoms with Crippen LogP contribution in [0, 0.1) is 10.1 Å². The molecule has 1 aliphatic heterocycles. The topological polar surface area (TPSA) is 137 Å². The monoisotopic (exact) mass is 517 g/mol. The Balaban J connectivity index is 1.54. The Morgan fingerprint density at radius 2 is 1.66 bits per heavy atom. The number of nitrogens with one attached hydrogen (secondary N) is 1. The zero-order valence-corrected chi connectivity index (χ0v) is 20.5. The minimum atomic E-state index is -0.853. The van der Waals surface area contributed by atoms with Gasteiger partial charge in [-0.05, 0) is 72.7 Å². The van der Waals surface area contributed by atoms with Gasteiger partial charge in [-0.1, -0.05) is 6.07 Å². The number of hydrogen-bond acceptors (Lipinski definition) is 8. The van der Waals surface area contributed by atoms with Gasteiger partial charge in [-0.2, -0.15) is 0 Å². The minimum absolute atomic E-state index is 0.0205. The third-order valence-electron chi connectivity index (χ3n) is 5.55. The van der Waals surface area contributed by atoms with Crippen molar-refractivity contribution in [3.05, 3.63) is 93.5 Å². The van der Waals surface area contributed by atoms with Crippen LogP contribution in [-0.2, 0) is 16.2 Å². The summed E-state index contributed by atoms with van der Waals surface area (Å²) in [6.07, 6.45) is 1.36. The Morgan fingerprint density at radius 1 is 0.947 bits per heavy atom. The largest absolute Gasteiger partial charge is 0.494 e. The fraction of sp³-hybridized carbons (Fsp3) is 0.148. The van der Waals surface area contributed by atoms with E-state index in [2.05, 4.69) is 5.32 Å². The first kappa shape index (κ1) is 25.9.